The monoisotopic (exact) mass is 599 g/mol. The normalized spacial score (nSPS) is 12.1. The second-order valence-corrected chi connectivity index (χ2v) is 12.4. The van der Waals surface area contributed by atoms with E-state index in [2.05, 4.69) is 21.2 Å². The molecule has 0 saturated carbocycles. The number of hydrogen-bond acceptors (Lipinski definition) is 4. The van der Waals surface area contributed by atoms with Crippen LogP contribution in [0.2, 0.25) is 0 Å². The van der Waals surface area contributed by atoms with Crippen molar-refractivity contribution in [3.05, 3.63) is 101 Å². The van der Waals surface area contributed by atoms with E-state index in [1.165, 1.54) is 4.90 Å². The Morgan fingerprint density at radius 1 is 0.868 bits per heavy atom. The summed E-state index contributed by atoms with van der Waals surface area (Å²) in [5.74, 6) is -0.521. The van der Waals surface area contributed by atoms with Gasteiger partial charge in [-0.15, -0.1) is 0 Å². The number of rotatable bonds is 12. The van der Waals surface area contributed by atoms with Gasteiger partial charge in [-0.05, 0) is 41.3 Å². The lowest BCUT2D eigenvalue weighted by molar-refractivity contribution is -0.140. The number of para-hydroxylation sites is 1. The first-order valence-corrected chi connectivity index (χ1v) is 15.1. The number of amides is 2. The maximum absolute atomic E-state index is 13.9. The molecule has 1 atom stereocenters. The lowest BCUT2D eigenvalue weighted by Crippen LogP contribution is -2.53. The zero-order chi connectivity index (χ0) is 27.7. The quantitative estimate of drug-likeness (QED) is 0.329. The molecule has 2 amide bonds. The van der Waals surface area contributed by atoms with Crippen LogP contribution in [0.4, 0.5) is 5.69 Å². The van der Waals surface area contributed by atoms with Crippen LogP contribution in [0.25, 0.3) is 0 Å². The summed E-state index contributed by atoms with van der Waals surface area (Å²) in [6, 6.07) is 24.7. The fourth-order valence-electron chi connectivity index (χ4n) is 3.97. The van der Waals surface area contributed by atoms with E-state index in [0.29, 0.717) is 12.2 Å². The first-order chi connectivity index (χ1) is 18.0. The standard InChI is InChI=1S/C29H34BrN3O4S/c1-22(2)19-31-29(35)27(18-23-10-6-4-7-11-23)32(20-24-14-16-25(30)17-15-24)28(34)21-33(38(3,36)37)26-12-8-5-9-13-26/h4-17,22,27H,18-21H2,1-3H3,(H,31,35). The number of anilines is 1. The highest BCUT2D eigenvalue weighted by atomic mass is 79.9. The van der Waals surface area contributed by atoms with Crippen molar-refractivity contribution in [3.63, 3.8) is 0 Å². The SMILES string of the molecule is CC(C)CNC(=O)C(Cc1ccccc1)N(Cc1ccc(Br)cc1)C(=O)CN(c1ccccc1)S(C)(=O)=O. The van der Waals surface area contributed by atoms with Gasteiger partial charge in [-0.3, -0.25) is 13.9 Å². The Bertz CT molecular complexity index is 1300. The molecule has 0 radical (unpaired) electrons. The van der Waals surface area contributed by atoms with Crippen LogP contribution in [0.3, 0.4) is 0 Å². The van der Waals surface area contributed by atoms with E-state index in [-0.39, 0.29) is 24.8 Å². The van der Waals surface area contributed by atoms with Crippen molar-refractivity contribution in [3.8, 4) is 0 Å². The molecule has 3 aromatic carbocycles. The third kappa shape index (κ3) is 8.70. The summed E-state index contributed by atoms with van der Waals surface area (Å²) in [7, 11) is -3.77. The maximum Gasteiger partial charge on any atom is 0.244 e. The van der Waals surface area contributed by atoms with Crippen molar-refractivity contribution < 1.29 is 18.0 Å². The minimum atomic E-state index is -3.77. The molecule has 0 spiro atoms. The van der Waals surface area contributed by atoms with Gasteiger partial charge in [-0.1, -0.05) is 90.4 Å². The predicted octanol–water partition coefficient (Wildman–Crippen LogP) is 4.63. The molecule has 0 aliphatic heterocycles. The summed E-state index contributed by atoms with van der Waals surface area (Å²) in [6.45, 7) is 4.18. The van der Waals surface area contributed by atoms with Gasteiger partial charge in [0.05, 0.1) is 11.9 Å². The maximum atomic E-state index is 13.9. The first kappa shape index (κ1) is 29.4. The van der Waals surface area contributed by atoms with Crippen LogP contribution in [-0.2, 0) is 32.6 Å². The van der Waals surface area contributed by atoms with E-state index in [9.17, 15) is 18.0 Å². The van der Waals surface area contributed by atoms with E-state index >= 15 is 0 Å². The highest BCUT2D eigenvalue weighted by Gasteiger charge is 2.33. The molecule has 0 bridgehead atoms. The van der Waals surface area contributed by atoms with E-state index in [1.807, 2.05) is 68.4 Å². The molecule has 0 aliphatic carbocycles. The van der Waals surface area contributed by atoms with Crippen LogP contribution in [0.5, 0.6) is 0 Å². The summed E-state index contributed by atoms with van der Waals surface area (Å²) in [4.78, 5) is 29.0. The molecular formula is C29H34BrN3O4S. The van der Waals surface area contributed by atoms with Crippen molar-refractivity contribution in [2.45, 2.75) is 32.9 Å². The van der Waals surface area contributed by atoms with Crippen LogP contribution in [0, 0.1) is 5.92 Å². The number of carbonyl (C=O) groups is 2. The van der Waals surface area contributed by atoms with E-state index in [4.69, 9.17) is 0 Å². The van der Waals surface area contributed by atoms with Gasteiger partial charge in [-0.2, -0.15) is 0 Å². The smallest absolute Gasteiger partial charge is 0.244 e. The lowest BCUT2D eigenvalue weighted by Gasteiger charge is -2.33. The summed E-state index contributed by atoms with van der Waals surface area (Å²) >= 11 is 3.43. The van der Waals surface area contributed by atoms with Crippen molar-refractivity contribution in [1.29, 1.82) is 0 Å². The second-order valence-electron chi connectivity index (χ2n) is 9.60. The Labute approximate surface area is 234 Å². The average Bonchev–Trinajstić information content (AvgIpc) is 2.89. The molecule has 3 rings (SSSR count). The molecule has 7 nitrogen and oxygen atoms in total. The number of halogens is 1. The Morgan fingerprint density at radius 3 is 2.00 bits per heavy atom. The topological polar surface area (TPSA) is 86.8 Å². The van der Waals surface area contributed by atoms with E-state index < -0.39 is 28.5 Å². The molecule has 1 N–H and O–H groups in total. The van der Waals surface area contributed by atoms with Crippen LogP contribution in [-0.4, -0.2) is 50.5 Å². The minimum absolute atomic E-state index is 0.144. The molecule has 0 aromatic heterocycles. The van der Waals surface area contributed by atoms with Gasteiger partial charge in [0.25, 0.3) is 0 Å². The van der Waals surface area contributed by atoms with Crippen LogP contribution in [0.1, 0.15) is 25.0 Å². The van der Waals surface area contributed by atoms with Gasteiger partial charge in [0.2, 0.25) is 21.8 Å². The third-order valence-electron chi connectivity index (χ3n) is 5.95. The molecule has 1 unspecified atom stereocenters. The number of nitrogens with one attached hydrogen (secondary N) is 1. The highest BCUT2D eigenvalue weighted by molar-refractivity contribution is 9.10. The zero-order valence-corrected chi connectivity index (χ0v) is 24.3. The molecule has 38 heavy (non-hydrogen) atoms. The Morgan fingerprint density at radius 2 is 1.45 bits per heavy atom. The van der Waals surface area contributed by atoms with Crippen LogP contribution >= 0.6 is 15.9 Å². The summed E-state index contributed by atoms with van der Waals surface area (Å²) in [5, 5.41) is 2.98. The summed E-state index contributed by atoms with van der Waals surface area (Å²) in [5.41, 5.74) is 2.10. The number of carbonyl (C=O) groups excluding carboxylic acids is 2. The summed E-state index contributed by atoms with van der Waals surface area (Å²) < 4.78 is 27.4. The Kier molecular flexibility index (Phi) is 10.5. The fourth-order valence-corrected chi connectivity index (χ4v) is 5.08. The molecule has 0 aliphatic rings. The second kappa shape index (κ2) is 13.6. The summed E-state index contributed by atoms with van der Waals surface area (Å²) in [6.07, 6.45) is 1.36. The van der Waals surface area contributed by atoms with Crippen LogP contribution in [0.15, 0.2) is 89.4 Å². The molecule has 0 fully saturated rings. The Hall–Kier alpha value is -3.17. The molecular weight excluding hydrogens is 566 g/mol. The number of benzene rings is 3. The molecule has 0 saturated heterocycles. The molecule has 3 aromatic rings. The average molecular weight is 601 g/mol. The third-order valence-corrected chi connectivity index (χ3v) is 7.61. The van der Waals surface area contributed by atoms with E-state index in [1.54, 1.807) is 30.3 Å². The van der Waals surface area contributed by atoms with Gasteiger partial charge >= 0.3 is 0 Å². The largest absolute Gasteiger partial charge is 0.354 e. The first-order valence-electron chi connectivity index (χ1n) is 12.4. The number of nitrogens with zero attached hydrogens (tertiary/aromatic N) is 2. The molecule has 0 heterocycles. The highest BCUT2D eigenvalue weighted by Crippen LogP contribution is 2.21. The molecule has 202 valence electrons. The fraction of sp³-hybridized carbons (Fsp3) is 0.310. The van der Waals surface area contributed by atoms with Gasteiger partial charge in [-0.25, -0.2) is 8.42 Å². The predicted molar refractivity (Wildman–Crippen MR) is 155 cm³/mol. The van der Waals surface area contributed by atoms with Crippen molar-refractivity contribution in [1.82, 2.24) is 10.2 Å². The van der Waals surface area contributed by atoms with Crippen molar-refractivity contribution in [2.24, 2.45) is 5.92 Å². The van der Waals surface area contributed by atoms with Gasteiger partial charge in [0, 0.05) is 24.0 Å². The lowest BCUT2D eigenvalue weighted by atomic mass is 10.0. The Balaban J connectivity index is 2.02. The zero-order valence-electron chi connectivity index (χ0n) is 21.9. The number of hydrogen-bond donors (Lipinski definition) is 1. The number of sulfonamides is 1. The minimum Gasteiger partial charge on any atom is -0.354 e. The van der Waals surface area contributed by atoms with E-state index in [0.717, 1.165) is 26.2 Å². The molecule has 9 heteroatoms. The van der Waals surface area contributed by atoms with Crippen molar-refractivity contribution in [2.75, 3.05) is 23.7 Å². The van der Waals surface area contributed by atoms with Crippen LogP contribution < -0.4 is 9.62 Å². The van der Waals surface area contributed by atoms with Gasteiger partial charge in [0.1, 0.15) is 12.6 Å². The van der Waals surface area contributed by atoms with Gasteiger partial charge < -0.3 is 10.2 Å². The van der Waals surface area contributed by atoms with Gasteiger partial charge in [0.15, 0.2) is 0 Å². The van der Waals surface area contributed by atoms with Crippen molar-refractivity contribution >= 4 is 43.5 Å².